The number of anilines is 1. The molecule has 7 heteroatoms. The van der Waals surface area contributed by atoms with Gasteiger partial charge in [-0.05, 0) is 37.1 Å². The van der Waals surface area contributed by atoms with Crippen LogP contribution in [-0.4, -0.2) is 29.8 Å². The van der Waals surface area contributed by atoms with E-state index in [0.717, 1.165) is 24.5 Å². The van der Waals surface area contributed by atoms with Gasteiger partial charge < -0.3 is 4.74 Å². The second-order valence-corrected chi connectivity index (χ2v) is 5.97. The van der Waals surface area contributed by atoms with Crippen LogP contribution in [0.4, 0.5) is 5.13 Å². The minimum absolute atomic E-state index is 0.00432. The summed E-state index contributed by atoms with van der Waals surface area (Å²) >= 11 is 1.37. The van der Waals surface area contributed by atoms with Crippen molar-refractivity contribution in [3.05, 3.63) is 40.4 Å². The molecule has 112 valence electrons. The fraction of sp³-hybridized carbons (Fsp3) is 0.333. The Kier molecular flexibility index (Phi) is 4.13. The third-order valence-corrected chi connectivity index (χ3v) is 4.58. The summed E-state index contributed by atoms with van der Waals surface area (Å²) < 4.78 is 5.58. The maximum atomic E-state index is 12.4. The van der Waals surface area contributed by atoms with Crippen LogP contribution in [0.5, 0.6) is 0 Å². The number of carbonyl (C=O) groups is 1. The summed E-state index contributed by atoms with van der Waals surface area (Å²) in [6, 6.07) is 8.55. The van der Waals surface area contributed by atoms with Gasteiger partial charge in [-0.25, -0.2) is 0 Å². The van der Waals surface area contributed by atoms with Crippen LogP contribution in [0, 0.1) is 11.3 Å². The summed E-state index contributed by atoms with van der Waals surface area (Å²) in [7, 11) is 1.67. The molecule has 0 unspecified atom stereocenters. The maximum absolute atomic E-state index is 12.4. The lowest BCUT2D eigenvalue weighted by Crippen LogP contribution is -2.26. The van der Waals surface area contributed by atoms with Crippen LogP contribution in [0.1, 0.15) is 39.9 Å². The van der Waals surface area contributed by atoms with Crippen molar-refractivity contribution in [2.24, 2.45) is 0 Å². The van der Waals surface area contributed by atoms with E-state index >= 15 is 0 Å². The molecule has 1 amide bonds. The fourth-order valence-corrected chi connectivity index (χ4v) is 3.12. The molecule has 0 aliphatic carbocycles. The van der Waals surface area contributed by atoms with Gasteiger partial charge in [0.1, 0.15) is 11.1 Å². The topological polar surface area (TPSA) is 79.1 Å². The summed E-state index contributed by atoms with van der Waals surface area (Å²) in [5.74, 6) is -0.181. The highest BCUT2D eigenvalue weighted by Crippen LogP contribution is 2.33. The average molecular weight is 314 g/mol. The molecule has 1 aromatic carbocycles. The maximum Gasteiger partial charge on any atom is 0.259 e. The highest BCUT2D eigenvalue weighted by Gasteiger charge is 2.24. The molecule has 22 heavy (non-hydrogen) atoms. The monoisotopic (exact) mass is 314 g/mol. The largest absolute Gasteiger partial charge is 0.371 e. The third kappa shape index (κ3) is 2.84. The number of carbonyl (C=O) groups excluding carboxylic acids is 1. The summed E-state index contributed by atoms with van der Waals surface area (Å²) in [6.07, 6.45) is 1.98. The number of hydrogen-bond donors (Lipinski definition) is 0. The van der Waals surface area contributed by atoms with Gasteiger partial charge in [-0.2, -0.15) is 5.26 Å². The standard InChI is InChI=1S/C15H14N4O2S/c1-19(14(20)11-6-4-10(9-16)5-7-11)15-18-17-13(22-15)12-3-2-8-21-12/h4-7,12H,2-3,8H2,1H3/t12-/m1/s1. The van der Waals surface area contributed by atoms with Crippen LogP contribution >= 0.6 is 11.3 Å². The molecule has 2 aromatic rings. The van der Waals surface area contributed by atoms with Gasteiger partial charge in [-0.3, -0.25) is 9.69 Å². The SMILES string of the molecule is CN(C(=O)c1ccc(C#N)cc1)c1nnc([C@H]2CCCO2)s1. The molecule has 0 N–H and O–H groups in total. The lowest BCUT2D eigenvalue weighted by molar-refractivity contribution is 0.0993. The molecule has 0 radical (unpaired) electrons. The Hall–Kier alpha value is -2.30. The normalized spacial score (nSPS) is 17.2. The Balaban J connectivity index is 1.76. The van der Waals surface area contributed by atoms with Gasteiger partial charge in [0, 0.05) is 19.2 Å². The molecular formula is C15H14N4O2S. The van der Waals surface area contributed by atoms with Gasteiger partial charge in [0.15, 0.2) is 0 Å². The first-order valence-corrected chi connectivity index (χ1v) is 7.74. The van der Waals surface area contributed by atoms with Crippen molar-refractivity contribution in [2.75, 3.05) is 18.6 Å². The zero-order valence-electron chi connectivity index (χ0n) is 12.0. The Morgan fingerprint density at radius 3 is 2.82 bits per heavy atom. The number of nitriles is 1. The van der Waals surface area contributed by atoms with E-state index in [1.165, 1.54) is 16.2 Å². The van der Waals surface area contributed by atoms with Crippen molar-refractivity contribution >= 4 is 22.4 Å². The zero-order chi connectivity index (χ0) is 15.5. The van der Waals surface area contributed by atoms with Crippen LogP contribution in [0.15, 0.2) is 24.3 Å². The van der Waals surface area contributed by atoms with Gasteiger partial charge in [0.2, 0.25) is 5.13 Å². The van der Waals surface area contributed by atoms with Crippen molar-refractivity contribution < 1.29 is 9.53 Å². The summed E-state index contributed by atoms with van der Waals surface area (Å²) in [4.78, 5) is 13.9. The Bertz CT molecular complexity index is 714. The van der Waals surface area contributed by atoms with Crippen LogP contribution in [0.25, 0.3) is 0 Å². The van der Waals surface area contributed by atoms with Crippen molar-refractivity contribution in [2.45, 2.75) is 18.9 Å². The minimum Gasteiger partial charge on any atom is -0.371 e. The van der Waals surface area contributed by atoms with E-state index in [-0.39, 0.29) is 12.0 Å². The molecule has 0 saturated carbocycles. The highest BCUT2D eigenvalue weighted by molar-refractivity contribution is 7.15. The van der Waals surface area contributed by atoms with Crippen molar-refractivity contribution in [1.82, 2.24) is 10.2 Å². The molecule has 0 bridgehead atoms. The first-order chi connectivity index (χ1) is 10.7. The number of ether oxygens (including phenoxy) is 1. The highest BCUT2D eigenvalue weighted by atomic mass is 32.1. The van der Waals surface area contributed by atoms with E-state index in [0.29, 0.717) is 16.3 Å². The van der Waals surface area contributed by atoms with E-state index in [2.05, 4.69) is 10.2 Å². The average Bonchev–Trinajstić information content (AvgIpc) is 3.24. The number of benzene rings is 1. The minimum atomic E-state index is -0.181. The van der Waals surface area contributed by atoms with Gasteiger partial charge in [-0.1, -0.05) is 11.3 Å². The van der Waals surface area contributed by atoms with Crippen LogP contribution in [-0.2, 0) is 4.74 Å². The molecule has 1 aliphatic rings. The number of amides is 1. The fourth-order valence-electron chi connectivity index (χ4n) is 2.23. The predicted octanol–water partition coefficient (Wildman–Crippen LogP) is 2.54. The van der Waals surface area contributed by atoms with Crippen LogP contribution in [0.2, 0.25) is 0 Å². The molecule has 1 atom stereocenters. The van der Waals surface area contributed by atoms with Crippen LogP contribution < -0.4 is 4.90 Å². The van der Waals surface area contributed by atoms with Crippen molar-refractivity contribution in [3.63, 3.8) is 0 Å². The molecule has 1 aliphatic heterocycles. The summed E-state index contributed by atoms with van der Waals surface area (Å²) in [5, 5.41) is 18.4. The van der Waals surface area contributed by atoms with Gasteiger partial charge in [0.25, 0.3) is 5.91 Å². The second kappa shape index (κ2) is 6.22. The van der Waals surface area contributed by atoms with Crippen molar-refractivity contribution in [1.29, 1.82) is 5.26 Å². The second-order valence-electron chi connectivity index (χ2n) is 4.98. The lowest BCUT2D eigenvalue weighted by atomic mass is 10.1. The van der Waals surface area contributed by atoms with E-state index in [4.69, 9.17) is 10.00 Å². The van der Waals surface area contributed by atoms with Gasteiger partial charge >= 0.3 is 0 Å². The molecular weight excluding hydrogens is 300 g/mol. The quantitative estimate of drug-likeness (QED) is 0.870. The first-order valence-electron chi connectivity index (χ1n) is 6.92. The molecule has 1 saturated heterocycles. The zero-order valence-corrected chi connectivity index (χ0v) is 12.8. The molecule has 3 rings (SSSR count). The number of hydrogen-bond acceptors (Lipinski definition) is 6. The summed E-state index contributed by atoms with van der Waals surface area (Å²) in [6.45, 7) is 0.750. The smallest absolute Gasteiger partial charge is 0.259 e. The third-order valence-electron chi connectivity index (χ3n) is 3.49. The molecule has 1 fully saturated rings. The van der Waals surface area contributed by atoms with Gasteiger partial charge in [0.05, 0.1) is 11.6 Å². The molecule has 2 heterocycles. The van der Waals surface area contributed by atoms with Gasteiger partial charge in [-0.15, -0.1) is 10.2 Å². The first kappa shape index (κ1) is 14.6. The van der Waals surface area contributed by atoms with E-state index < -0.39 is 0 Å². The van der Waals surface area contributed by atoms with Crippen molar-refractivity contribution in [3.8, 4) is 6.07 Å². The van der Waals surface area contributed by atoms with E-state index in [1.807, 2.05) is 6.07 Å². The van der Waals surface area contributed by atoms with E-state index in [1.54, 1.807) is 31.3 Å². The Morgan fingerprint density at radius 1 is 1.41 bits per heavy atom. The number of nitrogens with zero attached hydrogens (tertiary/aromatic N) is 4. The Morgan fingerprint density at radius 2 is 2.18 bits per heavy atom. The van der Waals surface area contributed by atoms with Crippen LogP contribution in [0.3, 0.4) is 0 Å². The van der Waals surface area contributed by atoms with E-state index in [9.17, 15) is 4.79 Å². The molecule has 0 spiro atoms. The number of aromatic nitrogens is 2. The molecule has 1 aromatic heterocycles. The summed E-state index contributed by atoms with van der Waals surface area (Å²) in [5.41, 5.74) is 1.03. The number of rotatable bonds is 3. The Labute approximate surface area is 132 Å². The lowest BCUT2D eigenvalue weighted by Gasteiger charge is -2.13. The molecule has 6 nitrogen and oxygen atoms in total. The predicted molar refractivity (Wildman–Crippen MR) is 81.7 cm³/mol.